The fourth-order valence-electron chi connectivity index (χ4n) is 2.13. The molecule has 1 aromatic rings. The van der Waals surface area contributed by atoms with Crippen molar-refractivity contribution >= 4 is 15.9 Å². The van der Waals surface area contributed by atoms with Gasteiger partial charge in [-0.25, -0.2) is 4.98 Å². The van der Waals surface area contributed by atoms with E-state index in [0.717, 1.165) is 30.1 Å². The van der Waals surface area contributed by atoms with Gasteiger partial charge in [-0.15, -0.1) is 0 Å². The maximum atomic E-state index is 5.54. The van der Waals surface area contributed by atoms with Gasteiger partial charge in [-0.1, -0.05) is 15.9 Å². The molecule has 2 rings (SSSR count). The molecule has 0 radical (unpaired) electrons. The molecule has 1 fully saturated rings. The highest BCUT2D eigenvalue weighted by molar-refractivity contribution is 9.08. The van der Waals surface area contributed by atoms with Crippen LogP contribution in [0, 0.1) is 5.92 Å². The van der Waals surface area contributed by atoms with Crippen LogP contribution in [-0.2, 0) is 16.6 Å². The van der Waals surface area contributed by atoms with Crippen LogP contribution in [0.25, 0.3) is 0 Å². The third-order valence-corrected chi connectivity index (χ3v) is 3.46. The van der Waals surface area contributed by atoms with Crippen molar-refractivity contribution in [2.75, 3.05) is 6.61 Å². The zero-order valence-electron chi connectivity index (χ0n) is 9.03. The second-order valence-corrected chi connectivity index (χ2v) is 4.83. The van der Waals surface area contributed by atoms with Crippen molar-refractivity contribution in [2.45, 2.75) is 37.7 Å². The lowest BCUT2D eigenvalue weighted by Crippen LogP contribution is -2.25. The first-order chi connectivity index (χ1) is 7.28. The molecular formula is C11H17BrN2O. The first kappa shape index (κ1) is 11.1. The third kappa shape index (κ3) is 3.05. The predicted molar refractivity (Wildman–Crippen MR) is 63.0 cm³/mol. The van der Waals surface area contributed by atoms with Crippen molar-refractivity contribution in [3.05, 3.63) is 18.2 Å². The molecule has 15 heavy (non-hydrogen) atoms. The average molecular weight is 273 g/mol. The van der Waals surface area contributed by atoms with Crippen LogP contribution >= 0.6 is 15.9 Å². The lowest BCUT2D eigenvalue weighted by atomic mass is 9.96. The van der Waals surface area contributed by atoms with E-state index in [2.05, 4.69) is 38.6 Å². The Morgan fingerprint density at radius 1 is 1.67 bits per heavy atom. The van der Waals surface area contributed by atoms with Gasteiger partial charge >= 0.3 is 0 Å². The van der Waals surface area contributed by atoms with E-state index in [0.29, 0.717) is 6.10 Å². The summed E-state index contributed by atoms with van der Waals surface area (Å²) >= 11 is 3.41. The van der Waals surface area contributed by atoms with E-state index in [1.54, 1.807) is 0 Å². The molecule has 1 aliphatic heterocycles. The van der Waals surface area contributed by atoms with E-state index in [1.807, 2.05) is 6.33 Å². The Morgan fingerprint density at radius 2 is 2.53 bits per heavy atom. The van der Waals surface area contributed by atoms with Gasteiger partial charge in [0.2, 0.25) is 0 Å². The van der Waals surface area contributed by atoms with Crippen LogP contribution in [0.2, 0.25) is 0 Å². The zero-order valence-corrected chi connectivity index (χ0v) is 10.6. The number of imidazole rings is 1. The topological polar surface area (TPSA) is 27.1 Å². The first-order valence-electron chi connectivity index (χ1n) is 5.46. The molecule has 84 valence electrons. The fraction of sp³-hybridized carbons (Fsp3) is 0.727. The molecule has 0 saturated carbocycles. The Balaban J connectivity index is 1.90. The number of halogens is 1. The molecule has 0 aliphatic carbocycles. The van der Waals surface area contributed by atoms with Crippen molar-refractivity contribution in [3.63, 3.8) is 0 Å². The summed E-state index contributed by atoms with van der Waals surface area (Å²) in [6.45, 7) is 4.14. The maximum absolute atomic E-state index is 5.54. The zero-order chi connectivity index (χ0) is 10.7. The molecule has 4 heteroatoms. The third-order valence-electron chi connectivity index (χ3n) is 2.89. The number of nitrogens with zero attached hydrogens (tertiary/aromatic N) is 2. The molecule has 0 N–H and O–H groups in total. The lowest BCUT2D eigenvalue weighted by Gasteiger charge is -2.27. The minimum Gasteiger partial charge on any atom is -0.378 e. The van der Waals surface area contributed by atoms with Crippen molar-refractivity contribution in [1.82, 2.24) is 9.55 Å². The van der Waals surface area contributed by atoms with Gasteiger partial charge in [0, 0.05) is 24.7 Å². The second-order valence-electron chi connectivity index (χ2n) is 4.27. The molecule has 1 saturated heterocycles. The summed E-state index contributed by atoms with van der Waals surface area (Å²) in [7, 11) is 0. The number of hydrogen-bond donors (Lipinski definition) is 0. The van der Waals surface area contributed by atoms with Gasteiger partial charge in [0.1, 0.15) is 0 Å². The molecule has 0 spiro atoms. The highest BCUT2D eigenvalue weighted by atomic mass is 79.9. The number of aromatic nitrogens is 2. The lowest BCUT2D eigenvalue weighted by molar-refractivity contribution is -0.00104. The smallest absolute Gasteiger partial charge is 0.0949 e. The molecular weight excluding hydrogens is 256 g/mol. The summed E-state index contributed by atoms with van der Waals surface area (Å²) in [5.41, 5.74) is 1.11. The standard InChI is InChI=1S/C11H17BrN2O/c1-9-4-10(2-3-15-9)6-14-7-11(5-12)13-8-14/h7-10H,2-6H2,1H3. The van der Waals surface area contributed by atoms with Gasteiger partial charge < -0.3 is 9.30 Å². The van der Waals surface area contributed by atoms with E-state index in [4.69, 9.17) is 4.74 Å². The molecule has 1 aromatic heterocycles. The molecule has 0 aromatic carbocycles. The van der Waals surface area contributed by atoms with E-state index in [-0.39, 0.29) is 0 Å². The van der Waals surface area contributed by atoms with Crippen LogP contribution in [0.15, 0.2) is 12.5 Å². The van der Waals surface area contributed by atoms with Crippen LogP contribution in [0.4, 0.5) is 0 Å². The summed E-state index contributed by atoms with van der Waals surface area (Å²) in [5, 5.41) is 0.837. The molecule has 1 aliphatic rings. The highest BCUT2D eigenvalue weighted by Gasteiger charge is 2.19. The van der Waals surface area contributed by atoms with Crippen LogP contribution in [0.3, 0.4) is 0 Å². The average Bonchev–Trinajstić information content (AvgIpc) is 2.65. The van der Waals surface area contributed by atoms with Crippen LogP contribution in [0.1, 0.15) is 25.5 Å². The summed E-state index contributed by atoms with van der Waals surface area (Å²) in [5.74, 6) is 0.742. The van der Waals surface area contributed by atoms with Gasteiger partial charge in [-0.3, -0.25) is 0 Å². The van der Waals surface area contributed by atoms with Gasteiger partial charge in [-0.05, 0) is 25.7 Å². The number of alkyl halides is 1. The van der Waals surface area contributed by atoms with Crippen LogP contribution < -0.4 is 0 Å². The maximum Gasteiger partial charge on any atom is 0.0949 e. The summed E-state index contributed by atoms with van der Waals surface area (Å²) in [6.07, 6.45) is 6.81. The molecule has 2 unspecified atom stereocenters. The van der Waals surface area contributed by atoms with E-state index < -0.39 is 0 Å². The summed E-state index contributed by atoms with van der Waals surface area (Å²) < 4.78 is 7.73. The Bertz CT molecular complexity index is 313. The van der Waals surface area contributed by atoms with Gasteiger partial charge in [0.05, 0.1) is 18.1 Å². The minimum absolute atomic E-state index is 0.419. The fourth-order valence-corrected chi connectivity index (χ4v) is 2.42. The van der Waals surface area contributed by atoms with E-state index in [1.165, 1.54) is 12.8 Å². The Labute approximate surface area is 99.0 Å². The quantitative estimate of drug-likeness (QED) is 0.791. The molecule has 3 nitrogen and oxygen atoms in total. The van der Waals surface area contributed by atoms with Crippen molar-refractivity contribution in [1.29, 1.82) is 0 Å². The normalized spacial score (nSPS) is 26.8. The molecule has 0 bridgehead atoms. The Kier molecular flexibility index (Phi) is 3.81. The number of ether oxygens (including phenoxy) is 1. The Hall–Kier alpha value is -0.350. The van der Waals surface area contributed by atoms with Crippen molar-refractivity contribution in [2.24, 2.45) is 5.92 Å². The number of hydrogen-bond acceptors (Lipinski definition) is 2. The van der Waals surface area contributed by atoms with E-state index >= 15 is 0 Å². The van der Waals surface area contributed by atoms with Crippen LogP contribution in [0.5, 0.6) is 0 Å². The largest absolute Gasteiger partial charge is 0.378 e. The predicted octanol–water partition coefficient (Wildman–Crippen LogP) is 2.59. The molecule has 0 amide bonds. The molecule has 2 atom stereocenters. The van der Waals surface area contributed by atoms with E-state index in [9.17, 15) is 0 Å². The first-order valence-corrected chi connectivity index (χ1v) is 6.58. The highest BCUT2D eigenvalue weighted by Crippen LogP contribution is 2.21. The summed E-state index contributed by atoms with van der Waals surface area (Å²) in [6, 6.07) is 0. The van der Waals surface area contributed by atoms with Gasteiger partial charge in [0.15, 0.2) is 0 Å². The van der Waals surface area contributed by atoms with Gasteiger partial charge in [-0.2, -0.15) is 0 Å². The molecule has 2 heterocycles. The minimum atomic E-state index is 0.419. The monoisotopic (exact) mass is 272 g/mol. The Morgan fingerprint density at radius 3 is 3.20 bits per heavy atom. The van der Waals surface area contributed by atoms with Crippen molar-refractivity contribution < 1.29 is 4.74 Å². The summed E-state index contributed by atoms with van der Waals surface area (Å²) in [4.78, 5) is 4.30. The SMILES string of the molecule is CC1CC(Cn2cnc(CBr)c2)CCO1. The second kappa shape index (κ2) is 5.12. The van der Waals surface area contributed by atoms with Crippen LogP contribution in [-0.4, -0.2) is 22.3 Å². The van der Waals surface area contributed by atoms with Gasteiger partial charge in [0.25, 0.3) is 0 Å². The van der Waals surface area contributed by atoms with Crippen molar-refractivity contribution in [3.8, 4) is 0 Å². The number of rotatable bonds is 3.